The molecular formula is C18H26N5O2S2+. The Bertz CT molecular complexity index is 833. The lowest BCUT2D eigenvalue weighted by Gasteiger charge is -2.22. The molecule has 0 saturated heterocycles. The first-order valence-corrected chi connectivity index (χ1v) is 11.1. The van der Waals surface area contributed by atoms with Crippen molar-refractivity contribution >= 4 is 34.1 Å². The smallest absolute Gasteiger partial charge is 0.340 e. The Morgan fingerprint density at radius 2 is 2.19 bits per heavy atom. The number of rotatable bonds is 8. The maximum atomic E-state index is 12.6. The molecule has 2 aromatic rings. The van der Waals surface area contributed by atoms with Crippen LogP contribution >= 0.6 is 23.1 Å². The van der Waals surface area contributed by atoms with Gasteiger partial charge in [-0.1, -0.05) is 11.8 Å². The normalized spacial score (nSPS) is 13.6. The highest BCUT2D eigenvalue weighted by Gasteiger charge is 2.21. The van der Waals surface area contributed by atoms with E-state index in [9.17, 15) is 9.59 Å². The number of nitrogens with one attached hydrogen (secondary N) is 2. The third-order valence-corrected chi connectivity index (χ3v) is 6.23. The molecule has 9 heteroatoms. The van der Waals surface area contributed by atoms with Crippen LogP contribution in [0.4, 0.5) is 5.13 Å². The van der Waals surface area contributed by atoms with Crippen molar-refractivity contribution in [1.29, 1.82) is 0 Å². The van der Waals surface area contributed by atoms with E-state index in [0.29, 0.717) is 5.13 Å². The number of anilines is 1. The molecule has 0 spiro atoms. The van der Waals surface area contributed by atoms with E-state index in [1.165, 1.54) is 28.0 Å². The fourth-order valence-electron chi connectivity index (χ4n) is 3.26. The number of quaternary nitrogens is 1. The Morgan fingerprint density at radius 1 is 1.37 bits per heavy atom. The molecule has 0 fully saturated rings. The average Bonchev–Trinajstić information content (AvgIpc) is 3.14. The van der Waals surface area contributed by atoms with Gasteiger partial charge in [0, 0.05) is 35.8 Å². The molecule has 1 amide bonds. The van der Waals surface area contributed by atoms with Gasteiger partial charge in [-0.25, -0.2) is 9.78 Å². The summed E-state index contributed by atoms with van der Waals surface area (Å²) in [5.74, 6) is 0.103. The molecule has 0 unspecified atom stereocenters. The number of thioether (sulfide) groups is 1. The van der Waals surface area contributed by atoms with Gasteiger partial charge >= 0.3 is 5.69 Å². The van der Waals surface area contributed by atoms with E-state index in [0.717, 1.165) is 61.5 Å². The van der Waals surface area contributed by atoms with E-state index < -0.39 is 0 Å². The predicted octanol–water partition coefficient (Wildman–Crippen LogP) is 0.844. The zero-order valence-corrected chi connectivity index (χ0v) is 17.4. The fourth-order valence-corrected chi connectivity index (χ4v) is 4.68. The lowest BCUT2D eigenvalue weighted by Crippen LogP contribution is -3.05. The zero-order valence-electron chi connectivity index (χ0n) is 15.8. The number of thiazole rings is 1. The molecule has 2 aromatic heterocycles. The first kappa shape index (κ1) is 20.0. The first-order valence-electron chi connectivity index (χ1n) is 9.28. The maximum Gasteiger partial charge on any atom is 0.348 e. The number of fused-ring (bicyclic) bond motifs is 1. The standard InChI is InChI=1S/C18H25N5O2S2/c1-22(2)9-5-10-23-14-7-4-3-6-13(14)16(21-18(23)25)27-12-15(24)20-17-19-8-11-26-17/h8,11H,3-7,9-10,12H2,1-2H3,(H,19,20,24)/p+1. The van der Waals surface area contributed by atoms with Crippen molar-refractivity contribution in [2.45, 2.75) is 43.7 Å². The van der Waals surface area contributed by atoms with Gasteiger partial charge in [-0.2, -0.15) is 4.98 Å². The van der Waals surface area contributed by atoms with Crippen LogP contribution in [0.25, 0.3) is 0 Å². The Kier molecular flexibility index (Phi) is 7.03. The lowest BCUT2D eigenvalue weighted by molar-refractivity contribution is -0.858. The van der Waals surface area contributed by atoms with E-state index in [-0.39, 0.29) is 17.3 Å². The van der Waals surface area contributed by atoms with Crippen molar-refractivity contribution in [3.8, 4) is 0 Å². The number of hydrogen-bond donors (Lipinski definition) is 2. The molecule has 0 aliphatic heterocycles. The van der Waals surface area contributed by atoms with Crippen LogP contribution in [-0.4, -0.2) is 46.8 Å². The minimum atomic E-state index is -0.188. The van der Waals surface area contributed by atoms with E-state index in [1.54, 1.807) is 6.20 Å². The van der Waals surface area contributed by atoms with Crippen LogP contribution in [0.1, 0.15) is 30.5 Å². The summed E-state index contributed by atoms with van der Waals surface area (Å²) in [7, 11) is 4.24. The number of amides is 1. The van der Waals surface area contributed by atoms with Crippen LogP contribution < -0.4 is 15.9 Å². The van der Waals surface area contributed by atoms with Crippen molar-refractivity contribution in [3.05, 3.63) is 33.3 Å². The third kappa shape index (κ3) is 5.40. The fraction of sp³-hybridized carbons (Fsp3) is 0.556. The van der Waals surface area contributed by atoms with Gasteiger partial charge < -0.3 is 10.2 Å². The van der Waals surface area contributed by atoms with Crippen LogP contribution in [0.15, 0.2) is 21.4 Å². The minimum absolute atomic E-state index is 0.126. The largest absolute Gasteiger partial charge is 0.348 e. The monoisotopic (exact) mass is 408 g/mol. The second-order valence-corrected chi connectivity index (χ2v) is 8.83. The van der Waals surface area contributed by atoms with Crippen LogP contribution in [0.5, 0.6) is 0 Å². The number of carbonyl (C=O) groups is 1. The topological polar surface area (TPSA) is 81.3 Å². The summed E-state index contributed by atoms with van der Waals surface area (Å²) in [5.41, 5.74) is 2.09. The molecule has 2 N–H and O–H groups in total. The molecule has 0 aromatic carbocycles. The lowest BCUT2D eigenvalue weighted by atomic mass is 9.97. The van der Waals surface area contributed by atoms with Crippen molar-refractivity contribution in [2.24, 2.45) is 0 Å². The van der Waals surface area contributed by atoms with Crippen molar-refractivity contribution in [3.63, 3.8) is 0 Å². The highest BCUT2D eigenvalue weighted by molar-refractivity contribution is 8.00. The van der Waals surface area contributed by atoms with Crippen LogP contribution in [-0.2, 0) is 24.2 Å². The summed E-state index contributed by atoms with van der Waals surface area (Å²) in [6.07, 6.45) is 6.66. The summed E-state index contributed by atoms with van der Waals surface area (Å²) >= 11 is 2.74. The molecule has 0 radical (unpaired) electrons. The molecule has 27 heavy (non-hydrogen) atoms. The summed E-state index contributed by atoms with van der Waals surface area (Å²) in [4.78, 5) is 34.5. The Balaban J connectivity index is 1.72. The Labute approximate surface area is 167 Å². The van der Waals surface area contributed by atoms with Gasteiger partial charge in [0.25, 0.3) is 0 Å². The van der Waals surface area contributed by atoms with E-state index in [4.69, 9.17) is 0 Å². The van der Waals surface area contributed by atoms with Gasteiger partial charge in [-0.3, -0.25) is 9.36 Å². The first-order chi connectivity index (χ1) is 13.0. The van der Waals surface area contributed by atoms with Crippen molar-refractivity contribution in [2.75, 3.05) is 31.7 Å². The average molecular weight is 409 g/mol. The number of carbonyl (C=O) groups excluding carboxylic acids is 1. The second-order valence-electron chi connectivity index (χ2n) is 6.97. The van der Waals surface area contributed by atoms with Gasteiger partial charge in [0.15, 0.2) is 5.13 Å². The molecule has 1 aliphatic carbocycles. The van der Waals surface area contributed by atoms with E-state index in [2.05, 4.69) is 29.4 Å². The molecule has 0 saturated carbocycles. The maximum absolute atomic E-state index is 12.6. The summed E-state index contributed by atoms with van der Waals surface area (Å²) < 4.78 is 1.86. The van der Waals surface area contributed by atoms with Gasteiger partial charge in [0.1, 0.15) is 5.03 Å². The highest BCUT2D eigenvalue weighted by atomic mass is 32.2. The second kappa shape index (κ2) is 9.48. The molecule has 3 rings (SSSR count). The van der Waals surface area contributed by atoms with Gasteiger partial charge in [-0.05, 0) is 25.7 Å². The quantitative estimate of drug-likeness (QED) is 0.500. The molecular weight excluding hydrogens is 382 g/mol. The van der Waals surface area contributed by atoms with Crippen molar-refractivity contribution in [1.82, 2.24) is 14.5 Å². The molecule has 0 bridgehead atoms. The summed E-state index contributed by atoms with van der Waals surface area (Å²) in [6.45, 7) is 1.74. The Hall–Kier alpha value is -1.71. The predicted molar refractivity (Wildman–Crippen MR) is 109 cm³/mol. The van der Waals surface area contributed by atoms with Gasteiger partial charge in [-0.15, -0.1) is 11.3 Å². The summed E-state index contributed by atoms with van der Waals surface area (Å²) in [5, 5.41) is 5.90. The number of nitrogens with zero attached hydrogens (tertiary/aromatic N) is 3. The van der Waals surface area contributed by atoms with Gasteiger partial charge in [0.05, 0.1) is 26.4 Å². The minimum Gasteiger partial charge on any atom is -0.340 e. The van der Waals surface area contributed by atoms with Crippen LogP contribution in [0, 0.1) is 0 Å². The van der Waals surface area contributed by atoms with E-state index in [1.807, 2.05) is 9.95 Å². The molecule has 0 atom stereocenters. The molecule has 1 aliphatic rings. The highest BCUT2D eigenvalue weighted by Crippen LogP contribution is 2.28. The number of hydrogen-bond acceptors (Lipinski definition) is 6. The third-order valence-electron chi connectivity index (χ3n) is 4.53. The molecule has 146 valence electrons. The summed E-state index contributed by atoms with van der Waals surface area (Å²) in [6, 6.07) is 0. The van der Waals surface area contributed by atoms with Crippen molar-refractivity contribution < 1.29 is 9.69 Å². The Morgan fingerprint density at radius 3 is 2.93 bits per heavy atom. The van der Waals surface area contributed by atoms with Crippen LogP contribution in [0.3, 0.4) is 0 Å². The van der Waals surface area contributed by atoms with Crippen LogP contribution in [0.2, 0.25) is 0 Å². The number of aromatic nitrogens is 3. The molecule has 2 heterocycles. The van der Waals surface area contributed by atoms with E-state index >= 15 is 0 Å². The SMILES string of the molecule is C[NH+](C)CCCn1c2c(c(SCC(=O)Nc3nccs3)nc1=O)CCCC2. The van der Waals surface area contributed by atoms with Gasteiger partial charge in [0.2, 0.25) is 5.91 Å². The molecule has 7 nitrogen and oxygen atoms in total. The zero-order chi connectivity index (χ0) is 19.2.